The maximum absolute atomic E-state index is 8.71. The predicted molar refractivity (Wildman–Crippen MR) is 65.6 cm³/mol. The molecular formula is C10H21N3OS. The molecule has 1 atom stereocenters. The average Bonchev–Trinajstić information content (AvgIpc) is 2.29. The third-order valence-electron chi connectivity index (χ3n) is 2.86. The van der Waals surface area contributed by atoms with Crippen molar-refractivity contribution in [3.05, 3.63) is 0 Å². The summed E-state index contributed by atoms with van der Waals surface area (Å²) < 4.78 is 0. The van der Waals surface area contributed by atoms with E-state index in [1.165, 1.54) is 25.0 Å². The lowest BCUT2D eigenvalue weighted by atomic mass is 10.0. The molecule has 0 aromatic rings. The molecule has 1 fully saturated rings. The van der Waals surface area contributed by atoms with Crippen LogP contribution in [0, 0.1) is 0 Å². The van der Waals surface area contributed by atoms with Gasteiger partial charge in [0.25, 0.3) is 0 Å². The van der Waals surface area contributed by atoms with Crippen LogP contribution in [-0.4, -0.2) is 47.1 Å². The molecule has 0 aromatic heterocycles. The number of likely N-dealkylation sites (tertiary alicyclic amines) is 1. The Bertz CT molecular complexity index is 211. The molecule has 1 rings (SSSR count). The number of hydrogen-bond acceptors (Lipinski definition) is 4. The Morgan fingerprint density at radius 2 is 2.40 bits per heavy atom. The van der Waals surface area contributed by atoms with Crippen LogP contribution in [0.2, 0.25) is 0 Å². The summed E-state index contributed by atoms with van der Waals surface area (Å²) in [7, 11) is 0. The minimum absolute atomic E-state index is 0.158. The quantitative estimate of drug-likeness (QED) is 0.246. The maximum Gasteiger partial charge on any atom is 0.156 e. The molecule has 0 aliphatic carbocycles. The highest BCUT2D eigenvalue weighted by Gasteiger charge is 2.25. The summed E-state index contributed by atoms with van der Waals surface area (Å²) in [6, 6.07) is 0.158. The van der Waals surface area contributed by atoms with Gasteiger partial charge in [0.1, 0.15) is 0 Å². The van der Waals surface area contributed by atoms with Crippen LogP contribution in [0.5, 0.6) is 0 Å². The van der Waals surface area contributed by atoms with Crippen LogP contribution >= 0.6 is 11.8 Å². The highest BCUT2D eigenvalue weighted by molar-refractivity contribution is 7.98. The molecule has 4 nitrogen and oxygen atoms in total. The van der Waals surface area contributed by atoms with E-state index in [2.05, 4.69) is 16.3 Å². The number of rotatable bonds is 5. The van der Waals surface area contributed by atoms with Gasteiger partial charge in [-0.05, 0) is 44.4 Å². The van der Waals surface area contributed by atoms with Gasteiger partial charge < -0.3 is 10.9 Å². The molecule has 1 aliphatic rings. The molecule has 5 heteroatoms. The van der Waals surface area contributed by atoms with Crippen molar-refractivity contribution >= 4 is 17.6 Å². The van der Waals surface area contributed by atoms with Gasteiger partial charge in [-0.2, -0.15) is 11.8 Å². The molecule has 15 heavy (non-hydrogen) atoms. The lowest BCUT2D eigenvalue weighted by molar-refractivity contribution is 0.187. The Labute approximate surface area is 95.9 Å². The fourth-order valence-electron chi connectivity index (χ4n) is 2.07. The Hall–Kier alpha value is -0.420. The average molecular weight is 231 g/mol. The first-order chi connectivity index (χ1) is 7.29. The van der Waals surface area contributed by atoms with Crippen molar-refractivity contribution in [2.75, 3.05) is 25.1 Å². The monoisotopic (exact) mass is 231 g/mol. The first kappa shape index (κ1) is 12.6. The van der Waals surface area contributed by atoms with Gasteiger partial charge in [-0.25, -0.2) is 0 Å². The van der Waals surface area contributed by atoms with Crippen molar-refractivity contribution in [3.63, 3.8) is 0 Å². The van der Waals surface area contributed by atoms with Gasteiger partial charge in [0.2, 0.25) is 0 Å². The molecule has 0 amide bonds. The Kier molecular flexibility index (Phi) is 5.86. The largest absolute Gasteiger partial charge is 0.409 e. The van der Waals surface area contributed by atoms with E-state index in [0.29, 0.717) is 5.84 Å². The van der Waals surface area contributed by atoms with Crippen molar-refractivity contribution < 1.29 is 5.21 Å². The first-order valence-electron chi connectivity index (χ1n) is 5.50. The summed E-state index contributed by atoms with van der Waals surface area (Å²) >= 11 is 1.87. The standard InChI is InChI=1S/C10H21N3OS/c1-15-8-4-7-13-6-3-2-5-9(13)10(11)12-14/h9,14H,2-8H2,1H3,(H2,11,12). The minimum Gasteiger partial charge on any atom is -0.409 e. The zero-order valence-electron chi connectivity index (χ0n) is 9.35. The highest BCUT2D eigenvalue weighted by atomic mass is 32.2. The van der Waals surface area contributed by atoms with E-state index in [-0.39, 0.29) is 6.04 Å². The predicted octanol–water partition coefficient (Wildman–Crippen LogP) is 1.34. The molecule has 0 spiro atoms. The van der Waals surface area contributed by atoms with E-state index in [4.69, 9.17) is 10.9 Å². The zero-order chi connectivity index (χ0) is 11.1. The number of thioether (sulfide) groups is 1. The van der Waals surface area contributed by atoms with Gasteiger partial charge in [0, 0.05) is 0 Å². The van der Waals surface area contributed by atoms with Gasteiger partial charge in [0.15, 0.2) is 5.84 Å². The molecule has 0 radical (unpaired) electrons. The van der Waals surface area contributed by atoms with Crippen molar-refractivity contribution in [2.24, 2.45) is 10.9 Å². The van der Waals surface area contributed by atoms with Crippen LogP contribution in [0.1, 0.15) is 25.7 Å². The van der Waals surface area contributed by atoms with Gasteiger partial charge in [-0.3, -0.25) is 4.90 Å². The van der Waals surface area contributed by atoms with Gasteiger partial charge in [0.05, 0.1) is 6.04 Å². The lowest BCUT2D eigenvalue weighted by Crippen LogP contribution is -2.48. The van der Waals surface area contributed by atoms with Crippen molar-refractivity contribution in [1.29, 1.82) is 0 Å². The van der Waals surface area contributed by atoms with E-state index in [1.807, 2.05) is 11.8 Å². The summed E-state index contributed by atoms with van der Waals surface area (Å²) in [6.45, 7) is 2.14. The Morgan fingerprint density at radius 1 is 1.60 bits per heavy atom. The molecule has 88 valence electrons. The van der Waals surface area contributed by atoms with Crippen LogP contribution in [-0.2, 0) is 0 Å². The number of oxime groups is 1. The number of hydrogen-bond donors (Lipinski definition) is 2. The van der Waals surface area contributed by atoms with E-state index >= 15 is 0 Å². The normalized spacial score (nSPS) is 24.3. The SMILES string of the molecule is CSCCCN1CCCCC1C(N)=NO. The molecule has 1 heterocycles. The topological polar surface area (TPSA) is 61.8 Å². The van der Waals surface area contributed by atoms with Crippen molar-refractivity contribution in [2.45, 2.75) is 31.7 Å². The summed E-state index contributed by atoms with van der Waals surface area (Å²) in [4.78, 5) is 2.34. The third-order valence-corrected chi connectivity index (χ3v) is 3.56. The smallest absolute Gasteiger partial charge is 0.156 e. The van der Waals surface area contributed by atoms with Crippen LogP contribution in [0.15, 0.2) is 5.16 Å². The Morgan fingerprint density at radius 3 is 3.07 bits per heavy atom. The van der Waals surface area contributed by atoms with Crippen LogP contribution in [0.3, 0.4) is 0 Å². The summed E-state index contributed by atoms with van der Waals surface area (Å²) in [5.74, 6) is 1.55. The summed E-state index contributed by atoms with van der Waals surface area (Å²) in [5, 5.41) is 11.8. The maximum atomic E-state index is 8.71. The van der Waals surface area contributed by atoms with E-state index in [1.54, 1.807) is 0 Å². The van der Waals surface area contributed by atoms with Gasteiger partial charge in [-0.15, -0.1) is 0 Å². The van der Waals surface area contributed by atoms with E-state index in [9.17, 15) is 0 Å². The molecular weight excluding hydrogens is 210 g/mol. The van der Waals surface area contributed by atoms with Crippen LogP contribution in [0.4, 0.5) is 0 Å². The second kappa shape index (κ2) is 6.95. The molecule has 0 aromatic carbocycles. The van der Waals surface area contributed by atoms with Crippen LogP contribution in [0.25, 0.3) is 0 Å². The summed E-state index contributed by atoms with van der Waals surface area (Å²) in [5.41, 5.74) is 5.70. The second-order valence-corrected chi connectivity index (χ2v) is 4.90. The Balaban J connectivity index is 2.43. The molecule has 1 unspecified atom stereocenters. The molecule has 1 aliphatic heterocycles. The van der Waals surface area contributed by atoms with E-state index < -0.39 is 0 Å². The van der Waals surface area contributed by atoms with Crippen molar-refractivity contribution in [3.8, 4) is 0 Å². The number of amidine groups is 1. The molecule has 0 bridgehead atoms. The van der Waals surface area contributed by atoms with Gasteiger partial charge >= 0.3 is 0 Å². The molecule has 0 saturated carbocycles. The van der Waals surface area contributed by atoms with Gasteiger partial charge in [-0.1, -0.05) is 11.6 Å². The second-order valence-electron chi connectivity index (χ2n) is 3.92. The summed E-state index contributed by atoms with van der Waals surface area (Å²) in [6.07, 6.45) is 6.73. The number of nitrogens with zero attached hydrogens (tertiary/aromatic N) is 2. The minimum atomic E-state index is 0.158. The fourth-order valence-corrected chi connectivity index (χ4v) is 2.49. The fraction of sp³-hybridized carbons (Fsp3) is 0.900. The molecule has 3 N–H and O–H groups in total. The van der Waals surface area contributed by atoms with E-state index in [0.717, 1.165) is 19.5 Å². The number of piperidine rings is 1. The van der Waals surface area contributed by atoms with Crippen molar-refractivity contribution in [1.82, 2.24) is 4.90 Å². The lowest BCUT2D eigenvalue weighted by Gasteiger charge is -2.34. The molecule has 1 saturated heterocycles. The zero-order valence-corrected chi connectivity index (χ0v) is 10.2. The van der Waals surface area contributed by atoms with Crippen LogP contribution < -0.4 is 5.73 Å². The number of nitrogens with two attached hydrogens (primary N) is 1. The first-order valence-corrected chi connectivity index (χ1v) is 6.89. The third kappa shape index (κ3) is 3.91. The highest BCUT2D eigenvalue weighted by Crippen LogP contribution is 2.17.